The van der Waals surface area contributed by atoms with E-state index in [1.54, 1.807) is 19.2 Å². The van der Waals surface area contributed by atoms with Crippen LogP contribution in [0.3, 0.4) is 0 Å². The molecule has 0 amide bonds. The van der Waals surface area contributed by atoms with Crippen molar-refractivity contribution < 1.29 is 13.5 Å². The smallest absolute Gasteiger partial charge is 0.283 e. The highest BCUT2D eigenvalue weighted by Crippen LogP contribution is 2.12. The number of hydrogen-bond donors (Lipinski definition) is 0. The molecule has 0 unspecified atom stereocenters. The first-order valence-corrected chi connectivity index (χ1v) is 8.84. The van der Waals surface area contributed by atoms with Gasteiger partial charge in [0.1, 0.15) is 17.9 Å². The van der Waals surface area contributed by atoms with Crippen LogP contribution >= 0.6 is 0 Å². The molecule has 0 atom stereocenters. The molecular formula is C22H16FN3O3. The highest BCUT2D eigenvalue weighted by Gasteiger charge is 2.11. The molecule has 4 rings (SSSR count). The first kappa shape index (κ1) is 18.4. The summed E-state index contributed by atoms with van der Waals surface area (Å²) in [6.07, 6.45) is 1.89. The Kier molecular flexibility index (Phi) is 5.08. The van der Waals surface area contributed by atoms with Gasteiger partial charge < -0.3 is 9.15 Å². The van der Waals surface area contributed by atoms with Gasteiger partial charge in [0.2, 0.25) is 0 Å². The van der Waals surface area contributed by atoms with Crippen LogP contribution in [0.15, 0.2) is 64.1 Å². The third kappa shape index (κ3) is 4.17. The van der Waals surface area contributed by atoms with Crippen molar-refractivity contribution in [2.45, 2.75) is 13.0 Å². The van der Waals surface area contributed by atoms with Gasteiger partial charge in [0.25, 0.3) is 17.2 Å². The number of fused-ring (bicyclic) bond motifs is 1. The zero-order chi connectivity index (χ0) is 20.2. The number of ether oxygens (including phenoxy) is 1. The Balaban J connectivity index is 1.54. The third-order valence-corrected chi connectivity index (χ3v) is 4.30. The van der Waals surface area contributed by atoms with E-state index < -0.39 is 0 Å². The van der Waals surface area contributed by atoms with Crippen LogP contribution in [-0.2, 0) is 13.0 Å². The summed E-state index contributed by atoms with van der Waals surface area (Å²) in [5.74, 6) is 6.39. The molecule has 0 fully saturated rings. The summed E-state index contributed by atoms with van der Waals surface area (Å²) in [5, 5.41) is 0. The van der Waals surface area contributed by atoms with Crippen LogP contribution in [0.4, 0.5) is 4.39 Å². The molecule has 6 nitrogen and oxygen atoms in total. The van der Waals surface area contributed by atoms with E-state index in [0.717, 1.165) is 16.9 Å². The monoisotopic (exact) mass is 389 g/mol. The number of hydrogen-bond acceptors (Lipinski definition) is 5. The molecule has 0 radical (unpaired) electrons. The zero-order valence-corrected chi connectivity index (χ0v) is 15.6. The van der Waals surface area contributed by atoms with Crippen molar-refractivity contribution in [3.8, 4) is 17.6 Å². The lowest BCUT2D eigenvalue weighted by Crippen LogP contribution is -2.21. The van der Waals surface area contributed by atoms with E-state index in [9.17, 15) is 9.18 Å². The quantitative estimate of drug-likeness (QED) is 0.502. The summed E-state index contributed by atoms with van der Waals surface area (Å²) >= 11 is 0. The Morgan fingerprint density at radius 2 is 1.83 bits per heavy atom. The van der Waals surface area contributed by atoms with E-state index in [0.29, 0.717) is 6.42 Å². The molecule has 0 aliphatic carbocycles. The maximum atomic E-state index is 13.0. The lowest BCUT2D eigenvalue weighted by Gasteiger charge is -2.04. The van der Waals surface area contributed by atoms with Gasteiger partial charge in [-0.15, -0.1) is 0 Å². The van der Waals surface area contributed by atoms with Crippen LogP contribution in [0.25, 0.3) is 11.2 Å². The Labute approximate surface area is 165 Å². The molecule has 29 heavy (non-hydrogen) atoms. The lowest BCUT2D eigenvalue weighted by molar-refractivity contribution is 0.414. The van der Waals surface area contributed by atoms with Crippen LogP contribution in [0, 0.1) is 17.7 Å². The fourth-order valence-corrected chi connectivity index (χ4v) is 2.77. The van der Waals surface area contributed by atoms with Crippen LogP contribution in [0.5, 0.6) is 5.75 Å². The molecule has 2 aromatic heterocycles. The number of methoxy groups -OCH3 is 1. The van der Waals surface area contributed by atoms with Crippen LogP contribution < -0.4 is 10.3 Å². The molecule has 0 spiro atoms. The molecule has 0 aliphatic rings. The number of aromatic nitrogens is 3. The van der Waals surface area contributed by atoms with Crippen molar-refractivity contribution in [1.82, 2.24) is 14.5 Å². The molecule has 4 aromatic rings. The fourth-order valence-electron chi connectivity index (χ4n) is 2.77. The highest BCUT2D eigenvalue weighted by molar-refractivity contribution is 5.67. The molecule has 0 saturated heterocycles. The Morgan fingerprint density at radius 3 is 2.55 bits per heavy atom. The summed E-state index contributed by atoms with van der Waals surface area (Å²) in [4.78, 5) is 20.9. The minimum atomic E-state index is -0.341. The van der Waals surface area contributed by atoms with Gasteiger partial charge in [0.15, 0.2) is 5.52 Å². The largest absolute Gasteiger partial charge is 0.497 e. The standard InChI is InChI=1S/C22H16FN3O3/c1-28-18-11-7-15(8-12-18)3-2-4-19-25-20-21(29-19)24-14-26(22(20)27)13-16-5-9-17(23)10-6-16/h5-12,14H,3,13H2,1H3. The molecule has 0 N–H and O–H groups in total. The Bertz CT molecular complexity index is 1260. The second-order valence-electron chi connectivity index (χ2n) is 6.30. The molecular weight excluding hydrogens is 373 g/mol. The molecule has 2 heterocycles. The van der Waals surface area contributed by atoms with Gasteiger partial charge in [0, 0.05) is 6.42 Å². The van der Waals surface area contributed by atoms with Crippen molar-refractivity contribution in [2.24, 2.45) is 0 Å². The molecule has 0 bridgehead atoms. The summed E-state index contributed by atoms with van der Waals surface area (Å²) < 4.78 is 25.0. The lowest BCUT2D eigenvalue weighted by atomic mass is 10.1. The summed E-state index contributed by atoms with van der Waals surface area (Å²) in [7, 11) is 1.61. The molecule has 0 saturated carbocycles. The van der Waals surface area contributed by atoms with E-state index in [2.05, 4.69) is 21.8 Å². The number of benzene rings is 2. The molecule has 2 aromatic carbocycles. The number of oxazole rings is 1. The van der Waals surface area contributed by atoms with Crippen molar-refractivity contribution in [3.05, 3.63) is 88.0 Å². The Hall–Kier alpha value is -3.92. The highest BCUT2D eigenvalue weighted by atomic mass is 19.1. The second-order valence-corrected chi connectivity index (χ2v) is 6.30. The number of nitrogens with zero attached hydrogens (tertiary/aromatic N) is 3. The fraction of sp³-hybridized carbons (Fsp3) is 0.136. The van der Waals surface area contributed by atoms with Gasteiger partial charge in [-0.05, 0) is 41.3 Å². The molecule has 0 aliphatic heterocycles. The normalized spacial score (nSPS) is 10.6. The van der Waals surface area contributed by atoms with Gasteiger partial charge in [-0.3, -0.25) is 9.36 Å². The van der Waals surface area contributed by atoms with Crippen molar-refractivity contribution in [3.63, 3.8) is 0 Å². The van der Waals surface area contributed by atoms with Gasteiger partial charge in [0.05, 0.1) is 13.7 Å². The van der Waals surface area contributed by atoms with E-state index in [-0.39, 0.29) is 35.0 Å². The SMILES string of the molecule is COc1ccc(CC#Cc2nc3c(=O)n(Cc4ccc(F)cc4)cnc3o2)cc1. The van der Waals surface area contributed by atoms with Crippen LogP contribution in [0.2, 0.25) is 0 Å². The van der Waals surface area contributed by atoms with Gasteiger partial charge in [-0.1, -0.05) is 30.2 Å². The average molecular weight is 389 g/mol. The predicted molar refractivity (Wildman–Crippen MR) is 105 cm³/mol. The maximum Gasteiger partial charge on any atom is 0.283 e. The predicted octanol–water partition coefficient (Wildman–Crippen LogP) is 3.17. The summed E-state index contributed by atoms with van der Waals surface area (Å²) in [5.41, 5.74) is 1.71. The van der Waals surface area contributed by atoms with E-state index in [1.807, 2.05) is 24.3 Å². The summed E-state index contributed by atoms with van der Waals surface area (Å²) in [6.45, 7) is 0.257. The van der Waals surface area contributed by atoms with Crippen LogP contribution in [-0.4, -0.2) is 21.6 Å². The van der Waals surface area contributed by atoms with Crippen molar-refractivity contribution in [1.29, 1.82) is 0 Å². The topological polar surface area (TPSA) is 70.2 Å². The second kappa shape index (κ2) is 7.98. The molecule has 7 heteroatoms. The first-order valence-electron chi connectivity index (χ1n) is 8.84. The van der Waals surface area contributed by atoms with E-state index in [1.165, 1.54) is 23.0 Å². The maximum absolute atomic E-state index is 13.0. The summed E-state index contributed by atoms with van der Waals surface area (Å²) in [6, 6.07) is 13.5. The average Bonchev–Trinajstić information content (AvgIpc) is 3.16. The third-order valence-electron chi connectivity index (χ3n) is 4.30. The zero-order valence-electron chi connectivity index (χ0n) is 15.6. The first-order chi connectivity index (χ1) is 14.1. The van der Waals surface area contributed by atoms with Crippen molar-refractivity contribution >= 4 is 11.2 Å². The molecule has 144 valence electrons. The van der Waals surface area contributed by atoms with Gasteiger partial charge >= 0.3 is 0 Å². The number of rotatable bonds is 4. The minimum Gasteiger partial charge on any atom is -0.497 e. The van der Waals surface area contributed by atoms with Gasteiger partial charge in [-0.2, -0.15) is 4.98 Å². The van der Waals surface area contributed by atoms with E-state index >= 15 is 0 Å². The Morgan fingerprint density at radius 1 is 1.10 bits per heavy atom. The minimum absolute atomic E-state index is 0.114. The van der Waals surface area contributed by atoms with E-state index in [4.69, 9.17) is 9.15 Å². The van der Waals surface area contributed by atoms with Gasteiger partial charge in [-0.25, -0.2) is 9.37 Å². The number of halogens is 1. The van der Waals surface area contributed by atoms with Crippen molar-refractivity contribution in [2.75, 3.05) is 7.11 Å². The van der Waals surface area contributed by atoms with Crippen LogP contribution in [0.1, 0.15) is 17.0 Å².